The van der Waals surface area contributed by atoms with Crippen LogP contribution in [0.1, 0.15) is 16.1 Å². The van der Waals surface area contributed by atoms with E-state index in [4.69, 9.17) is 0 Å². The van der Waals surface area contributed by atoms with Gasteiger partial charge in [0.15, 0.2) is 0 Å². The maximum absolute atomic E-state index is 12.4. The summed E-state index contributed by atoms with van der Waals surface area (Å²) in [4.78, 5) is 28.6. The lowest BCUT2D eigenvalue weighted by Crippen LogP contribution is -2.50. The van der Waals surface area contributed by atoms with Gasteiger partial charge in [0, 0.05) is 46.0 Å². The Morgan fingerprint density at radius 2 is 1.65 bits per heavy atom. The Balaban J connectivity index is 1.55. The molecular weight excluding hydrogens is 290 g/mol. The Labute approximate surface area is 136 Å². The summed E-state index contributed by atoms with van der Waals surface area (Å²) in [6, 6.07) is 13.8. The van der Waals surface area contributed by atoms with Crippen molar-refractivity contribution in [2.75, 3.05) is 26.2 Å². The van der Waals surface area contributed by atoms with Gasteiger partial charge in [-0.3, -0.25) is 14.5 Å². The zero-order chi connectivity index (χ0) is 16.2. The fourth-order valence-corrected chi connectivity index (χ4v) is 2.90. The third-order valence-electron chi connectivity index (χ3n) is 4.28. The number of rotatable bonds is 4. The predicted molar refractivity (Wildman–Crippen MR) is 88.0 cm³/mol. The highest BCUT2D eigenvalue weighted by atomic mass is 16.2. The van der Waals surface area contributed by atoms with Gasteiger partial charge in [-0.25, -0.2) is 0 Å². The first kappa shape index (κ1) is 15.5. The monoisotopic (exact) mass is 311 g/mol. The molecule has 0 spiro atoms. The van der Waals surface area contributed by atoms with Crippen molar-refractivity contribution in [2.24, 2.45) is 7.05 Å². The Hall–Kier alpha value is -2.40. The van der Waals surface area contributed by atoms with Gasteiger partial charge in [-0.2, -0.15) is 0 Å². The minimum absolute atomic E-state index is 0.397. The van der Waals surface area contributed by atoms with Gasteiger partial charge < -0.3 is 9.47 Å². The lowest BCUT2D eigenvalue weighted by molar-refractivity contribution is -0.128. The molecule has 3 rings (SSSR count). The number of carbonyl (C=O) groups is 2. The third kappa shape index (κ3) is 3.51. The molecule has 1 aliphatic rings. The van der Waals surface area contributed by atoms with Crippen molar-refractivity contribution >= 4 is 11.7 Å². The Kier molecular flexibility index (Phi) is 4.57. The number of hydrogen-bond acceptors (Lipinski definition) is 3. The summed E-state index contributed by atoms with van der Waals surface area (Å²) in [7, 11) is 1.78. The number of Topliss-reactive ketones (excluding diaryl/α,β-unsaturated/α-hetero) is 1. The van der Waals surface area contributed by atoms with Gasteiger partial charge >= 0.3 is 0 Å². The van der Waals surface area contributed by atoms with Gasteiger partial charge in [0.2, 0.25) is 0 Å². The Bertz CT molecular complexity index is 685. The molecule has 5 heteroatoms. The molecule has 0 saturated carbocycles. The van der Waals surface area contributed by atoms with Crippen LogP contribution in [0.5, 0.6) is 0 Å². The molecule has 0 radical (unpaired) electrons. The number of ketones is 1. The van der Waals surface area contributed by atoms with E-state index in [0.717, 1.165) is 19.6 Å². The first-order valence-corrected chi connectivity index (χ1v) is 7.86. The van der Waals surface area contributed by atoms with Crippen LogP contribution in [0, 0.1) is 0 Å². The average molecular weight is 311 g/mol. The van der Waals surface area contributed by atoms with Crippen LogP contribution in [0.2, 0.25) is 0 Å². The van der Waals surface area contributed by atoms with Gasteiger partial charge in [-0.05, 0) is 17.7 Å². The summed E-state index contributed by atoms with van der Waals surface area (Å²) in [5.41, 5.74) is 1.72. The van der Waals surface area contributed by atoms with E-state index in [1.165, 1.54) is 5.56 Å². The molecule has 1 saturated heterocycles. The zero-order valence-electron chi connectivity index (χ0n) is 13.3. The smallest absolute Gasteiger partial charge is 0.296 e. The fourth-order valence-electron chi connectivity index (χ4n) is 2.90. The van der Waals surface area contributed by atoms with E-state index in [1.807, 2.05) is 18.2 Å². The van der Waals surface area contributed by atoms with Crippen molar-refractivity contribution in [3.8, 4) is 0 Å². The molecule has 2 heterocycles. The van der Waals surface area contributed by atoms with Crippen LogP contribution in [0.4, 0.5) is 0 Å². The first-order chi connectivity index (χ1) is 11.1. The van der Waals surface area contributed by atoms with Crippen LogP contribution >= 0.6 is 0 Å². The molecule has 1 aromatic heterocycles. The number of piperazine rings is 1. The van der Waals surface area contributed by atoms with Gasteiger partial charge in [0.05, 0.1) is 5.69 Å². The quantitative estimate of drug-likeness (QED) is 0.636. The standard InChI is InChI=1S/C18H21N3O2/c1-19-9-5-8-16(19)17(22)18(23)21-12-10-20(11-13-21)14-15-6-3-2-4-7-15/h2-9H,10-14H2,1H3. The molecule has 0 aliphatic carbocycles. The van der Waals surface area contributed by atoms with Crippen molar-refractivity contribution < 1.29 is 9.59 Å². The van der Waals surface area contributed by atoms with Crippen LogP contribution in [-0.4, -0.2) is 52.2 Å². The molecule has 0 bridgehead atoms. The fraction of sp³-hybridized carbons (Fsp3) is 0.333. The van der Waals surface area contributed by atoms with E-state index in [2.05, 4.69) is 17.0 Å². The number of benzene rings is 1. The summed E-state index contributed by atoms with van der Waals surface area (Å²) >= 11 is 0. The molecular formula is C18H21N3O2. The molecule has 23 heavy (non-hydrogen) atoms. The topological polar surface area (TPSA) is 45.6 Å². The molecule has 1 aromatic carbocycles. The lowest BCUT2D eigenvalue weighted by Gasteiger charge is -2.34. The molecule has 0 atom stereocenters. The molecule has 2 aromatic rings. The number of aryl methyl sites for hydroxylation is 1. The Morgan fingerprint density at radius 3 is 2.26 bits per heavy atom. The highest BCUT2D eigenvalue weighted by molar-refractivity contribution is 6.42. The van der Waals surface area contributed by atoms with Gasteiger partial charge in [0.25, 0.3) is 11.7 Å². The number of nitrogens with zero attached hydrogens (tertiary/aromatic N) is 3. The highest BCUT2D eigenvalue weighted by Gasteiger charge is 2.27. The van der Waals surface area contributed by atoms with E-state index in [9.17, 15) is 9.59 Å². The largest absolute Gasteiger partial charge is 0.348 e. The molecule has 1 aliphatic heterocycles. The second-order valence-electron chi connectivity index (χ2n) is 5.89. The summed E-state index contributed by atoms with van der Waals surface area (Å²) < 4.78 is 1.69. The van der Waals surface area contributed by atoms with E-state index in [1.54, 1.807) is 34.8 Å². The summed E-state index contributed by atoms with van der Waals surface area (Å²) in [5.74, 6) is -0.819. The Morgan fingerprint density at radius 1 is 0.957 bits per heavy atom. The summed E-state index contributed by atoms with van der Waals surface area (Å²) in [5, 5.41) is 0. The second kappa shape index (κ2) is 6.79. The van der Waals surface area contributed by atoms with Crippen LogP contribution in [-0.2, 0) is 18.4 Å². The minimum atomic E-state index is -0.422. The van der Waals surface area contributed by atoms with Gasteiger partial charge in [-0.15, -0.1) is 0 Å². The molecule has 120 valence electrons. The maximum Gasteiger partial charge on any atom is 0.296 e. The average Bonchev–Trinajstić information content (AvgIpc) is 3.01. The number of carbonyl (C=O) groups excluding carboxylic acids is 2. The van der Waals surface area contributed by atoms with Crippen LogP contribution in [0.3, 0.4) is 0 Å². The van der Waals surface area contributed by atoms with Crippen LogP contribution in [0.15, 0.2) is 48.7 Å². The molecule has 0 unspecified atom stereocenters. The van der Waals surface area contributed by atoms with Crippen molar-refractivity contribution in [3.63, 3.8) is 0 Å². The van der Waals surface area contributed by atoms with Crippen LogP contribution in [0.25, 0.3) is 0 Å². The first-order valence-electron chi connectivity index (χ1n) is 7.86. The van der Waals surface area contributed by atoms with Crippen molar-refractivity contribution in [1.82, 2.24) is 14.4 Å². The van der Waals surface area contributed by atoms with E-state index in [-0.39, 0.29) is 0 Å². The number of amides is 1. The molecule has 1 amide bonds. The minimum Gasteiger partial charge on any atom is -0.348 e. The third-order valence-corrected chi connectivity index (χ3v) is 4.28. The van der Waals surface area contributed by atoms with E-state index < -0.39 is 11.7 Å². The van der Waals surface area contributed by atoms with E-state index >= 15 is 0 Å². The summed E-state index contributed by atoms with van der Waals surface area (Å²) in [6.07, 6.45) is 1.78. The molecule has 5 nitrogen and oxygen atoms in total. The highest BCUT2D eigenvalue weighted by Crippen LogP contribution is 2.10. The van der Waals surface area contributed by atoms with Gasteiger partial charge in [-0.1, -0.05) is 30.3 Å². The zero-order valence-corrected chi connectivity index (χ0v) is 13.3. The number of aromatic nitrogens is 1. The molecule has 1 fully saturated rings. The van der Waals surface area contributed by atoms with Crippen molar-refractivity contribution in [2.45, 2.75) is 6.54 Å². The normalized spacial score (nSPS) is 15.6. The maximum atomic E-state index is 12.4. The second-order valence-corrected chi connectivity index (χ2v) is 5.89. The van der Waals surface area contributed by atoms with E-state index in [0.29, 0.717) is 18.8 Å². The number of hydrogen-bond donors (Lipinski definition) is 0. The SMILES string of the molecule is Cn1cccc1C(=O)C(=O)N1CCN(Cc2ccccc2)CC1. The molecule has 0 N–H and O–H groups in total. The van der Waals surface area contributed by atoms with Crippen LogP contribution < -0.4 is 0 Å². The van der Waals surface area contributed by atoms with Crippen molar-refractivity contribution in [3.05, 3.63) is 59.9 Å². The lowest BCUT2D eigenvalue weighted by atomic mass is 10.2. The predicted octanol–water partition coefficient (Wildman–Crippen LogP) is 1.55. The summed E-state index contributed by atoms with van der Waals surface area (Å²) in [6.45, 7) is 3.67. The van der Waals surface area contributed by atoms with Gasteiger partial charge in [0.1, 0.15) is 0 Å². The van der Waals surface area contributed by atoms with Crippen molar-refractivity contribution in [1.29, 1.82) is 0 Å².